The van der Waals surface area contributed by atoms with Crippen molar-refractivity contribution in [2.45, 2.75) is 31.7 Å². The zero-order chi connectivity index (χ0) is 9.31. The largest absolute Gasteiger partial charge is 0.396 e. The molecule has 0 aromatic rings. The molecule has 0 amide bonds. The first-order valence-electron chi connectivity index (χ1n) is 5.23. The normalized spacial score (nSPS) is 30.0. The standard InChI is InChI=1S/C10H19NO2/c11-9(8-3-1-2-4-8)10(5-12)6-13-7-10/h8-9,12H,1-7,11H2. The molecule has 1 aliphatic carbocycles. The van der Waals surface area contributed by atoms with E-state index in [1.54, 1.807) is 0 Å². The molecule has 76 valence electrons. The van der Waals surface area contributed by atoms with Crippen LogP contribution in [0.5, 0.6) is 0 Å². The van der Waals surface area contributed by atoms with Crippen LogP contribution in [0.4, 0.5) is 0 Å². The van der Waals surface area contributed by atoms with E-state index >= 15 is 0 Å². The van der Waals surface area contributed by atoms with Crippen molar-refractivity contribution in [1.29, 1.82) is 0 Å². The van der Waals surface area contributed by atoms with Crippen molar-refractivity contribution in [3.63, 3.8) is 0 Å². The monoisotopic (exact) mass is 185 g/mol. The first-order chi connectivity index (χ1) is 6.28. The highest BCUT2D eigenvalue weighted by atomic mass is 16.5. The highest BCUT2D eigenvalue weighted by Crippen LogP contribution is 2.39. The lowest BCUT2D eigenvalue weighted by Crippen LogP contribution is -2.59. The van der Waals surface area contributed by atoms with E-state index in [1.165, 1.54) is 25.7 Å². The van der Waals surface area contributed by atoms with Gasteiger partial charge in [0, 0.05) is 6.04 Å². The van der Waals surface area contributed by atoms with Crippen LogP contribution >= 0.6 is 0 Å². The average molecular weight is 185 g/mol. The maximum Gasteiger partial charge on any atom is 0.0582 e. The average Bonchev–Trinajstić information content (AvgIpc) is 2.54. The second kappa shape index (κ2) is 3.56. The number of rotatable bonds is 3. The van der Waals surface area contributed by atoms with E-state index in [2.05, 4.69) is 0 Å². The minimum atomic E-state index is -0.102. The number of nitrogens with two attached hydrogens (primary N) is 1. The highest BCUT2D eigenvalue weighted by molar-refractivity contribution is 4.98. The molecule has 2 fully saturated rings. The van der Waals surface area contributed by atoms with Crippen molar-refractivity contribution in [2.24, 2.45) is 17.1 Å². The molecule has 0 spiro atoms. The van der Waals surface area contributed by atoms with Gasteiger partial charge in [0.2, 0.25) is 0 Å². The van der Waals surface area contributed by atoms with Crippen LogP contribution in [0.25, 0.3) is 0 Å². The molecule has 1 saturated carbocycles. The molecule has 0 bridgehead atoms. The lowest BCUT2D eigenvalue weighted by Gasteiger charge is -2.46. The Morgan fingerprint density at radius 1 is 1.38 bits per heavy atom. The van der Waals surface area contributed by atoms with E-state index < -0.39 is 0 Å². The van der Waals surface area contributed by atoms with Crippen LogP contribution in [0.15, 0.2) is 0 Å². The Balaban J connectivity index is 1.97. The summed E-state index contributed by atoms with van der Waals surface area (Å²) >= 11 is 0. The molecule has 1 heterocycles. The fourth-order valence-electron chi connectivity index (χ4n) is 2.57. The Bertz CT molecular complexity index is 168. The third kappa shape index (κ3) is 1.49. The number of aliphatic hydroxyl groups is 1. The first-order valence-corrected chi connectivity index (χ1v) is 5.23. The van der Waals surface area contributed by atoms with Gasteiger partial charge >= 0.3 is 0 Å². The van der Waals surface area contributed by atoms with Crippen molar-refractivity contribution >= 4 is 0 Å². The Labute approximate surface area is 79.3 Å². The van der Waals surface area contributed by atoms with Gasteiger partial charge in [-0.1, -0.05) is 12.8 Å². The van der Waals surface area contributed by atoms with Crippen LogP contribution in [-0.4, -0.2) is 31.0 Å². The molecule has 0 radical (unpaired) electrons. The van der Waals surface area contributed by atoms with E-state index in [0.717, 1.165) is 0 Å². The van der Waals surface area contributed by atoms with Gasteiger partial charge in [0.25, 0.3) is 0 Å². The lowest BCUT2D eigenvalue weighted by atomic mass is 9.73. The van der Waals surface area contributed by atoms with Crippen LogP contribution in [0.1, 0.15) is 25.7 Å². The number of hydrogen-bond donors (Lipinski definition) is 2. The Morgan fingerprint density at radius 2 is 2.00 bits per heavy atom. The molecule has 13 heavy (non-hydrogen) atoms. The van der Waals surface area contributed by atoms with Gasteiger partial charge in [0.15, 0.2) is 0 Å². The molecule has 1 saturated heterocycles. The predicted octanol–water partition coefficient (Wildman–Crippen LogP) is 0.513. The summed E-state index contributed by atoms with van der Waals surface area (Å²) in [6.45, 7) is 1.49. The molecule has 1 aliphatic heterocycles. The van der Waals surface area contributed by atoms with Gasteiger partial charge in [-0.05, 0) is 18.8 Å². The summed E-state index contributed by atoms with van der Waals surface area (Å²) in [5.41, 5.74) is 6.09. The number of ether oxygens (including phenoxy) is 1. The van der Waals surface area contributed by atoms with Crippen molar-refractivity contribution in [2.75, 3.05) is 19.8 Å². The molecular weight excluding hydrogens is 166 g/mol. The zero-order valence-corrected chi connectivity index (χ0v) is 8.04. The fraction of sp³-hybridized carbons (Fsp3) is 1.00. The van der Waals surface area contributed by atoms with Gasteiger partial charge in [0.1, 0.15) is 0 Å². The van der Waals surface area contributed by atoms with E-state index in [1.807, 2.05) is 0 Å². The minimum Gasteiger partial charge on any atom is -0.396 e. The summed E-state index contributed by atoms with van der Waals surface area (Å²) in [5, 5.41) is 9.31. The third-order valence-corrected chi connectivity index (χ3v) is 3.71. The third-order valence-electron chi connectivity index (χ3n) is 3.71. The van der Waals surface area contributed by atoms with Gasteiger partial charge < -0.3 is 15.6 Å². The second-order valence-electron chi connectivity index (χ2n) is 4.58. The summed E-state index contributed by atoms with van der Waals surface area (Å²) in [4.78, 5) is 0. The zero-order valence-electron chi connectivity index (χ0n) is 8.04. The molecule has 2 rings (SSSR count). The molecule has 3 N–H and O–H groups in total. The lowest BCUT2D eigenvalue weighted by molar-refractivity contribution is -0.156. The molecule has 3 nitrogen and oxygen atoms in total. The van der Waals surface area contributed by atoms with E-state index in [4.69, 9.17) is 10.5 Å². The summed E-state index contributed by atoms with van der Waals surface area (Å²) in [7, 11) is 0. The first kappa shape index (κ1) is 9.44. The van der Waals surface area contributed by atoms with E-state index in [9.17, 15) is 5.11 Å². The van der Waals surface area contributed by atoms with Crippen LogP contribution in [0.3, 0.4) is 0 Å². The molecule has 1 unspecified atom stereocenters. The van der Waals surface area contributed by atoms with Gasteiger partial charge in [-0.25, -0.2) is 0 Å². The van der Waals surface area contributed by atoms with Crippen LogP contribution < -0.4 is 5.73 Å². The highest BCUT2D eigenvalue weighted by Gasteiger charge is 2.46. The topological polar surface area (TPSA) is 55.5 Å². The maximum atomic E-state index is 9.31. The molecule has 0 aromatic carbocycles. The van der Waals surface area contributed by atoms with Crippen LogP contribution in [0.2, 0.25) is 0 Å². The predicted molar refractivity (Wildman–Crippen MR) is 50.3 cm³/mol. The Morgan fingerprint density at radius 3 is 2.38 bits per heavy atom. The van der Waals surface area contributed by atoms with Crippen molar-refractivity contribution in [3.05, 3.63) is 0 Å². The minimum absolute atomic E-state index is 0.102. The molecule has 2 aliphatic rings. The SMILES string of the molecule is NC(C1CCCC1)C1(CO)COC1. The quantitative estimate of drug-likeness (QED) is 0.673. The summed E-state index contributed by atoms with van der Waals surface area (Å²) in [6.07, 6.45) is 5.09. The van der Waals surface area contributed by atoms with Crippen molar-refractivity contribution in [1.82, 2.24) is 0 Å². The second-order valence-corrected chi connectivity index (χ2v) is 4.58. The van der Waals surface area contributed by atoms with Gasteiger partial charge in [-0.15, -0.1) is 0 Å². The molecule has 3 heteroatoms. The Kier molecular flexibility index (Phi) is 2.58. The van der Waals surface area contributed by atoms with Crippen molar-refractivity contribution in [3.8, 4) is 0 Å². The molecular formula is C10H19NO2. The van der Waals surface area contributed by atoms with E-state index in [-0.39, 0.29) is 18.1 Å². The van der Waals surface area contributed by atoms with Gasteiger partial charge in [0.05, 0.1) is 25.2 Å². The molecule has 1 atom stereocenters. The number of aliphatic hydroxyl groups excluding tert-OH is 1. The number of hydrogen-bond acceptors (Lipinski definition) is 3. The smallest absolute Gasteiger partial charge is 0.0582 e. The van der Waals surface area contributed by atoms with E-state index in [0.29, 0.717) is 19.1 Å². The Hall–Kier alpha value is -0.120. The van der Waals surface area contributed by atoms with Gasteiger partial charge in [-0.3, -0.25) is 0 Å². The summed E-state index contributed by atoms with van der Waals surface area (Å²) < 4.78 is 5.17. The van der Waals surface area contributed by atoms with Crippen molar-refractivity contribution < 1.29 is 9.84 Å². The maximum absolute atomic E-state index is 9.31. The molecule has 0 aromatic heterocycles. The summed E-state index contributed by atoms with van der Waals surface area (Å²) in [6, 6.07) is 0.147. The summed E-state index contributed by atoms with van der Waals surface area (Å²) in [5.74, 6) is 0.621. The van der Waals surface area contributed by atoms with Crippen LogP contribution in [0, 0.1) is 11.3 Å². The van der Waals surface area contributed by atoms with Gasteiger partial charge in [-0.2, -0.15) is 0 Å². The fourth-order valence-corrected chi connectivity index (χ4v) is 2.57. The van der Waals surface area contributed by atoms with Crippen LogP contribution in [-0.2, 0) is 4.74 Å².